The maximum atomic E-state index is 12.3. The van der Waals surface area contributed by atoms with Crippen molar-refractivity contribution in [1.29, 1.82) is 0 Å². The van der Waals surface area contributed by atoms with E-state index in [9.17, 15) is 18.0 Å². The highest BCUT2D eigenvalue weighted by Crippen LogP contribution is 2.24. The molecule has 0 bridgehead atoms. The molecule has 0 aliphatic heterocycles. The summed E-state index contributed by atoms with van der Waals surface area (Å²) in [7, 11) is 0. The molecule has 0 saturated carbocycles. The molecule has 0 spiro atoms. The van der Waals surface area contributed by atoms with E-state index >= 15 is 0 Å². The lowest BCUT2D eigenvalue weighted by atomic mass is 10.0. The number of anilines is 1. The van der Waals surface area contributed by atoms with E-state index in [1.54, 1.807) is 31.2 Å². The van der Waals surface area contributed by atoms with Crippen LogP contribution in [-0.4, -0.2) is 24.3 Å². The second-order valence-corrected chi connectivity index (χ2v) is 7.98. The molecule has 2 amide bonds. The topological polar surface area (TPSA) is 84.3 Å². The van der Waals surface area contributed by atoms with Crippen molar-refractivity contribution in [2.75, 3.05) is 5.32 Å². The van der Waals surface area contributed by atoms with Crippen LogP contribution in [0.15, 0.2) is 83.1 Å². The predicted octanol–water partition coefficient (Wildman–Crippen LogP) is 6.67. The van der Waals surface area contributed by atoms with E-state index in [4.69, 9.17) is 4.84 Å². The number of hydrogen-bond acceptors (Lipinski definition) is 5. The number of halogens is 3. The molecule has 3 rings (SSSR count). The summed E-state index contributed by atoms with van der Waals surface area (Å²) in [5, 5.41) is 10.7. The average Bonchev–Trinajstić information content (AvgIpc) is 2.83. The van der Waals surface area contributed by atoms with Gasteiger partial charge < -0.3 is 14.9 Å². The first kappa shape index (κ1) is 26.3. The number of para-hydroxylation sites is 1. The number of hydrogen-bond donors (Lipinski definition) is 2. The molecule has 36 heavy (non-hydrogen) atoms. The molecule has 0 unspecified atom stereocenters. The largest absolute Gasteiger partial charge is 0.573 e. The van der Waals surface area contributed by atoms with Gasteiger partial charge in [-0.1, -0.05) is 37.2 Å². The van der Waals surface area contributed by atoms with Gasteiger partial charge >= 0.3 is 12.4 Å². The molecule has 7 nitrogen and oxygen atoms in total. The summed E-state index contributed by atoms with van der Waals surface area (Å²) in [6.45, 7) is 5.76. The van der Waals surface area contributed by atoms with Crippen molar-refractivity contribution in [3.63, 3.8) is 0 Å². The fraction of sp³-hybridized carbons (Fsp3) is 0.192. The van der Waals surface area contributed by atoms with Gasteiger partial charge in [0.25, 0.3) is 0 Å². The third-order valence-electron chi connectivity index (χ3n) is 4.88. The molecule has 0 aromatic heterocycles. The van der Waals surface area contributed by atoms with E-state index in [2.05, 4.69) is 25.7 Å². The fourth-order valence-electron chi connectivity index (χ4n) is 3.12. The van der Waals surface area contributed by atoms with Crippen molar-refractivity contribution in [2.24, 2.45) is 10.3 Å². The van der Waals surface area contributed by atoms with Crippen LogP contribution >= 0.6 is 0 Å². The Balaban J connectivity index is 1.51. The molecular formula is C26H25F3N4O3. The summed E-state index contributed by atoms with van der Waals surface area (Å²) in [5.74, 6) is 0.390. The lowest BCUT2D eigenvalue weighted by molar-refractivity contribution is -0.274. The highest BCUT2D eigenvalue weighted by atomic mass is 19.4. The average molecular weight is 499 g/mol. The van der Waals surface area contributed by atoms with Crippen molar-refractivity contribution in [1.82, 2.24) is 5.43 Å². The number of nitrogens with zero attached hydrogens (tertiary/aromatic N) is 2. The number of benzene rings is 3. The number of carbonyl (C=O) groups is 1. The Morgan fingerprint density at radius 3 is 2.22 bits per heavy atom. The standard InChI is InChI=1S/C26H25F3N4O3/c1-17(2)23-6-4-5-7-24(23)31-25(34)32-30-16-19-8-12-22(13-9-19)36-33-18(3)20-10-14-21(15-11-20)35-26(27,28)29/h4-17H,1-3H3,(H2,31,32,34)/b30-16+,33-18+. The number of hydrazone groups is 1. The van der Waals surface area contributed by atoms with E-state index < -0.39 is 12.4 Å². The Hall–Kier alpha value is -4.34. The normalized spacial score (nSPS) is 12.0. The molecular weight excluding hydrogens is 473 g/mol. The number of alkyl halides is 3. The molecule has 3 aromatic rings. The Kier molecular flexibility index (Phi) is 8.66. The molecule has 2 N–H and O–H groups in total. The zero-order valence-corrected chi connectivity index (χ0v) is 19.8. The van der Waals surface area contributed by atoms with Crippen molar-refractivity contribution in [2.45, 2.75) is 33.1 Å². The quantitative estimate of drug-likeness (QED) is 0.269. The SMILES string of the molecule is C/C(=N\Oc1ccc(/C=N/NC(=O)Nc2ccccc2C(C)C)cc1)c1ccc(OC(F)(F)F)cc1. The Morgan fingerprint density at radius 2 is 1.58 bits per heavy atom. The minimum Gasteiger partial charge on any atom is -0.406 e. The van der Waals surface area contributed by atoms with E-state index in [1.165, 1.54) is 30.5 Å². The number of urea groups is 1. The molecule has 10 heteroatoms. The van der Waals surface area contributed by atoms with Crippen LogP contribution in [0.4, 0.5) is 23.7 Å². The van der Waals surface area contributed by atoms with Crippen LogP contribution in [0.25, 0.3) is 0 Å². The van der Waals surface area contributed by atoms with Crippen LogP contribution in [0.2, 0.25) is 0 Å². The van der Waals surface area contributed by atoms with Gasteiger partial charge in [-0.15, -0.1) is 13.2 Å². The minimum atomic E-state index is -4.74. The van der Waals surface area contributed by atoms with Crippen LogP contribution in [0.1, 0.15) is 43.4 Å². The fourth-order valence-corrected chi connectivity index (χ4v) is 3.12. The van der Waals surface area contributed by atoms with Crippen molar-refractivity contribution in [3.8, 4) is 11.5 Å². The number of rotatable bonds is 8. The smallest absolute Gasteiger partial charge is 0.406 e. The van der Waals surface area contributed by atoms with Gasteiger partial charge in [-0.05, 0) is 84.1 Å². The van der Waals surface area contributed by atoms with Crippen molar-refractivity contribution >= 4 is 23.6 Å². The molecule has 0 fully saturated rings. The van der Waals surface area contributed by atoms with Crippen LogP contribution in [0.3, 0.4) is 0 Å². The zero-order chi connectivity index (χ0) is 26.1. The van der Waals surface area contributed by atoms with Crippen LogP contribution in [0.5, 0.6) is 11.5 Å². The van der Waals surface area contributed by atoms with Crippen LogP contribution < -0.4 is 20.3 Å². The van der Waals surface area contributed by atoms with E-state index in [1.807, 2.05) is 38.1 Å². The number of ether oxygens (including phenoxy) is 1. The maximum absolute atomic E-state index is 12.3. The van der Waals surface area contributed by atoms with Gasteiger partial charge in [0.1, 0.15) is 5.75 Å². The minimum absolute atomic E-state index is 0.261. The van der Waals surface area contributed by atoms with Gasteiger partial charge in [-0.3, -0.25) is 0 Å². The first-order valence-corrected chi connectivity index (χ1v) is 11.0. The van der Waals surface area contributed by atoms with E-state index in [-0.39, 0.29) is 11.7 Å². The van der Waals surface area contributed by atoms with Crippen LogP contribution in [0, 0.1) is 0 Å². The third-order valence-corrected chi connectivity index (χ3v) is 4.88. The molecule has 188 valence electrons. The molecule has 0 aliphatic carbocycles. The summed E-state index contributed by atoms with van der Waals surface area (Å²) in [5.41, 5.74) is 5.94. The molecule has 0 atom stereocenters. The van der Waals surface area contributed by atoms with Gasteiger partial charge in [0.05, 0.1) is 11.9 Å². The highest BCUT2D eigenvalue weighted by Gasteiger charge is 2.30. The summed E-state index contributed by atoms with van der Waals surface area (Å²) in [4.78, 5) is 17.5. The molecule has 0 heterocycles. The summed E-state index contributed by atoms with van der Waals surface area (Å²) in [6.07, 6.45) is -3.26. The van der Waals surface area contributed by atoms with Crippen molar-refractivity contribution in [3.05, 3.63) is 89.5 Å². The van der Waals surface area contributed by atoms with Gasteiger partial charge in [0.2, 0.25) is 0 Å². The van der Waals surface area contributed by atoms with E-state index in [0.29, 0.717) is 22.6 Å². The van der Waals surface area contributed by atoms with Crippen LogP contribution in [-0.2, 0) is 0 Å². The third kappa shape index (κ3) is 8.15. The predicted molar refractivity (Wildman–Crippen MR) is 133 cm³/mol. The highest BCUT2D eigenvalue weighted by molar-refractivity contribution is 5.98. The monoisotopic (exact) mass is 498 g/mol. The number of carbonyl (C=O) groups excluding carboxylic acids is 1. The summed E-state index contributed by atoms with van der Waals surface area (Å²) in [6, 6.07) is 19.2. The lowest BCUT2D eigenvalue weighted by Gasteiger charge is -2.12. The molecule has 0 radical (unpaired) electrons. The maximum Gasteiger partial charge on any atom is 0.573 e. The Labute approximate surface area is 206 Å². The molecule has 3 aromatic carbocycles. The van der Waals surface area contributed by atoms with Gasteiger partial charge in [0, 0.05) is 5.69 Å². The molecule has 0 saturated heterocycles. The Bertz CT molecular complexity index is 1220. The lowest BCUT2D eigenvalue weighted by Crippen LogP contribution is -2.24. The number of amides is 2. The van der Waals surface area contributed by atoms with Crippen molar-refractivity contribution < 1.29 is 27.5 Å². The second kappa shape index (κ2) is 11.9. The number of oxime groups is 1. The Morgan fingerprint density at radius 1 is 0.944 bits per heavy atom. The zero-order valence-electron chi connectivity index (χ0n) is 19.8. The van der Waals surface area contributed by atoms with E-state index in [0.717, 1.165) is 11.3 Å². The first-order chi connectivity index (χ1) is 17.1. The van der Waals surface area contributed by atoms with Gasteiger partial charge in [-0.25, -0.2) is 10.2 Å². The van der Waals surface area contributed by atoms with Gasteiger partial charge in [0.15, 0.2) is 5.75 Å². The molecule has 0 aliphatic rings. The summed E-state index contributed by atoms with van der Waals surface area (Å²) < 4.78 is 40.6. The number of nitrogens with one attached hydrogen (secondary N) is 2. The first-order valence-electron chi connectivity index (χ1n) is 11.0. The second-order valence-electron chi connectivity index (χ2n) is 7.98. The van der Waals surface area contributed by atoms with Gasteiger partial charge in [-0.2, -0.15) is 5.10 Å². The summed E-state index contributed by atoms with van der Waals surface area (Å²) >= 11 is 0.